The predicted molar refractivity (Wildman–Crippen MR) is 104 cm³/mol. The number of carbonyl (C=O) groups excluding carboxylic acids is 2. The van der Waals surface area contributed by atoms with Crippen molar-refractivity contribution in [2.75, 3.05) is 11.9 Å². The van der Waals surface area contributed by atoms with Crippen molar-refractivity contribution in [2.24, 2.45) is 0 Å². The van der Waals surface area contributed by atoms with Crippen molar-refractivity contribution in [3.63, 3.8) is 0 Å². The Hall–Kier alpha value is -3.20. The quantitative estimate of drug-likeness (QED) is 0.523. The molecular weight excluding hydrogens is 322 g/mol. The summed E-state index contributed by atoms with van der Waals surface area (Å²) >= 11 is 0. The summed E-state index contributed by atoms with van der Waals surface area (Å²) in [6.07, 6.45) is 0. The average Bonchev–Trinajstić information content (AvgIpc) is 2.67. The third-order valence-corrected chi connectivity index (χ3v) is 5.23. The second-order valence-corrected chi connectivity index (χ2v) is 6.68. The van der Waals surface area contributed by atoms with Gasteiger partial charge in [0.15, 0.2) is 11.6 Å². The molecule has 3 aromatic carbocycles. The van der Waals surface area contributed by atoms with Gasteiger partial charge in [0, 0.05) is 29.4 Å². The fraction of sp³-hybridized carbons (Fsp3) is 0.130. The molecule has 0 heterocycles. The lowest BCUT2D eigenvalue weighted by Gasteiger charge is -2.27. The first-order chi connectivity index (χ1) is 12.5. The molecule has 0 aliphatic heterocycles. The van der Waals surface area contributed by atoms with E-state index in [4.69, 9.17) is 0 Å². The van der Waals surface area contributed by atoms with Gasteiger partial charge in [-0.2, -0.15) is 0 Å². The molecule has 4 rings (SSSR count). The number of hydrogen-bond donors (Lipinski definition) is 0. The summed E-state index contributed by atoms with van der Waals surface area (Å²) in [4.78, 5) is 28.1. The molecule has 0 N–H and O–H groups in total. The summed E-state index contributed by atoms with van der Waals surface area (Å²) in [5.41, 5.74) is 6.04. The van der Waals surface area contributed by atoms with E-state index in [1.165, 1.54) is 5.56 Å². The molecule has 0 fully saturated rings. The van der Waals surface area contributed by atoms with Gasteiger partial charge in [-0.05, 0) is 37.1 Å². The van der Waals surface area contributed by atoms with Crippen molar-refractivity contribution in [1.29, 1.82) is 0 Å². The highest BCUT2D eigenvalue weighted by molar-refractivity contribution is 6.30. The highest BCUT2D eigenvalue weighted by Gasteiger charge is 2.32. The van der Waals surface area contributed by atoms with Crippen molar-refractivity contribution in [3.8, 4) is 0 Å². The van der Waals surface area contributed by atoms with Gasteiger partial charge in [0.05, 0.1) is 11.3 Å². The van der Waals surface area contributed by atoms with Gasteiger partial charge in [-0.25, -0.2) is 0 Å². The Balaban J connectivity index is 1.92. The van der Waals surface area contributed by atoms with Gasteiger partial charge in [-0.15, -0.1) is 0 Å². The summed E-state index contributed by atoms with van der Waals surface area (Å²) in [6, 6.07) is 18.6. The number of carbonyl (C=O) groups is 2. The van der Waals surface area contributed by atoms with Gasteiger partial charge < -0.3 is 4.90 Å². The Bertz CT molecular complexity index is 1070. The minimum atomic E-state index is -0.0945. The molecule has 0 spiro atoms. The van der Waals surface area contributed by atoms with Crippen molar-refractivity contribution >= 4 is 22.9 Å². The number of anilines is 2. The zero-order valence-electron chi connectivity index (χ0n) is 15.0. The molecule has 0 aromatic heterocycles. The van der Waals surface area contributed by atoms with Crippen LogP contribution >= 0.6 is 0 Å². The molecule has 1 aliphatic carbocycles. The largest absolute Gasteiger partial charge is 0.344 e. The first-order valence-electron chi connectivity index (χ1n) is 8.62. The maximum Gasteiger partial charge on any atom is 0.196 e. The molecule has 0 amide bonds. The van der Waals surface area contributed by atoms with E-state index in [9.17, 15) is 9.59 Å². The number of nitrogens with zero attached hydrogens (tertiary/aromatic N) is 1. The highest BCUT2D eigenvalue weighted by Crippen LogP contribution is 2.37. The zero-order chi connectivity index (χ0) is 18.4. The fourth-order valence-electron chi connectivity index (χ4n) is 3.64. The molecule has 26 heavy (non-hydrogen) atoms. The molecule has 0 bridgehead atoms. The lowest BCUT2D eigenvalue weighted by Crippen LogP contribution is -2.24. The first kappa shape index (κ1) is 16.3. The first-order valence-corrected chi connectivity index (χ1v) is 8.62. The number of ketones is 2. The SMILES string of the molecule is Cc1cccc(N(C)c2cccc3c2C(=O)c2ccccc2C3=O)c1C. The van der Waals surface area contributed by atoms with E-state index < -0.39 is 0 Å². The van der Waals surface area contributed by atoms with Gasteiger partial charge in [-0.1, -0.05) is 48.5 Å². The number of hydrogen-bond acceptors (Lipinski definition) is 3. The molecule has 0 radical (unpaired) electrons. The minimum absolute atomic E-state index is 0.0913. The Morgan fingerprint density at radius 3 is 1.96 bits per heavy atom. The Labute approximate surface area is 152 Å². The van der Waals surface area contributed by atoms with Crippen LogP contribution in [-0.4, -0.2) is 18.6 Å². The van der Waals surface area contributed by atoms with Gasteiger partial charge in [0.1, 0.15) is 0 Å². The van der Waals surface area contributed by atoms with E-state index in [2.05, 4.69) is 19.9 Å². The van der Waals surface area contributed by atoms with Gasteiger partial charge in [-0.3, -0.25) is 9.59 Å². The summed E-state index contributed by atoms with van der Waals surface area (Å²) in [5, 5.41) is 0. The molecule has 3 heteroatoms. The van der Waals surface area contributed by atoms with Crippen LogP contribution < -0.4 is 4.90 Å². The normalized spacial score (nSPS) is 12.6. The summed E-state index contributed by atoms with van der Waals surface area (Å²) in [6.45, 7) is 4.14. The van der Waals surface area contributed by atoms with E-state index in [-0.39, 0.29) is 11.6 Å². The summed E-state index contributed by atoms with van der Waals surface area (Å²) in [5.74, 6) is -0.186. The van der Waals surface area contributed by atoms with Crippen molar-refractivity contribution < 1.29 is 9.59 Å². The lowest BCUT2D eigenvalue weighted by atomic mass is 9.83. The molecule has 0 saturated carbocycles. The molecule has 1 aliphatic rings. The molecule has 3 nitrogen and oxygen atoms in total. The second-order valence-electron chi connectivity index (χ2n) is 6.68. The van der Waals surface area contributed by atoms with Crippen LogP contribution in [0.3, 0.4) is 0 Å². The second kappa shape index (κ2) is 5.95. The van der Waals surface area contributed by atoms with E-state index in [1.54, 1.807) is 30.3 Å². The maximum absolute atomic E-state index is 13.2. The number of benzene rings is 3. The lowest BCUT2D eigenvalue weighted by molar-refractivity contribution is 0.0979. The molecule has 0 unspecified atom stereocenters. The standard InChI is InChI=1S/C23H19NO2/c1-14-8-6-12-19(15(14)2)24(3)20-13-7-11-18-21(20)23(26)17-10-5-4-9-16(17)22(18)25/h4-13H,1-3H3. The summed E-state index contributed by atoms with van der Waals surface area (Å²) < 4.78 is 0. The Morgan fingerprint density at radius 2 is 1.23 bits per heavy atom. The monoisotopic (exact) mass is 341 g/mol. The van der Waals surface area contributed by atoms with Gasteiger partial charge in [0.25, 0.3) is 0 Å². The number of aryl methyl sites for hydroxylation is 1. The van der Waals surface area contributed by atoms with E-state index in [0.717, 1.165) is 16.9 Å². The Kier molecular flexibility index (Phi) is 3.73. The zero-order valence-corrected chi connectivity index (χ0v) is 15.0. The molecule has 0 atom stereocenters. The minimum Gasteiger partial charge on any atom is -0.344 e. The van der Waals surface area contributed by atoms with Crippen LogP contribution in [0.1, 0.15) is 43.0 Å². The number of fused-ring (bicyclic) bond motifs is 2. The van der Waals surface area contributed by atoms with Crippen LogP contribution in [-0.2, 0) is 0 Å². The number of rotatable bonds is 2. The van der Waals surface area contributed by atoms with Gasteiger partial charge in [0.2, 0.25) is 0 Å². The van der Waals surface area contributed by atoms with Crippen LogP contribution in [0.25, 0.3) is 0 Å². The predicted octanol–water partition coefficient (Wildman–Crippen LogP) is 4.85. The third-order valence-electron chi connectivity index (χ3n) is 5.23. The van der Waals surface area contributed by atoms with Crippen LogP contribution in [0.15, 0.2) is 60.7 Å². The van der Waals surface area contributed by atoms with Gasteiger partial charge >= 0.3 is 0 Å². The molecule has 3 aromatic rings. The smallest absolute Gasteiger partial charge is 0.196 e. The summed E-state index contributed by atoms with van der Waals surface area (Å²) in [7, 11) is 1.94. The highest BCUT2D eigenvalue weighted by atomic mass is 16.1. The molecule has 128 valence electrons. The van der Waals surface area contributed by atoms with Crippen LogP contribution in [0.5, 0.6) is 0 Å². The fourth-order valence-corrected chi connectivity index (χ4v) is 3.64. The Morgan fingerprint density at radius 1 is 0.654 bits per heavy atom. The topological polar surface area (TPSA) is 37.4 Å². The van der Waals surface area contributed by atoms with Crippen molar-refractivity contribution in [2.45, 2.75) is 13.8 Å². The van der Waals surface area contributed by atoms with E-state index in [0.29, 0.717) is 22.3 Å². The average molecular weight is 341 g/mol. The van der Waals surface area contributed by atoms with Crippen LogP contribution in [0.2, 0.25) is 0 Å². The third kappa shape index (κ3) is 2.28. The van der Waals surface area contributed by atoms with Crippen molar-refractivity contribution in [3.05, 3.63) is 94.0 Å². The van der Waals surface area contributed by atoms with E-state index >= 15 is 0 Å². The molecular formula is C23H19NO2. The van der Waals surface area contributed by atoms with Crippen LogP contribution in [0.4, 0.5) is 11.4 Å². The van der Waals surface area contributed by atoms with Crippen molar-refractivity contribution in [1.82, 2.24) is 0 Å². The van der Waals surface area contributed by atoms with Crippen LogP contribution in [0, 0.1) is 13.8 Å². The molecule has 0 saturated heterocycles. The van der Waals surface area contributed by atoms with E-state index in [1.807, 2.05) is 36.2 Å². The maximum atomic E-state index is 13.2.